The van der Waals surface area contributed by atoms with Crippen molar-refractivity contribution in [1.82, 2.24) is 19.9 Å². The minimum absolute atomic E-state index is 0.202. The highest BCUT2D eigenvalue weighted by molar-refractivity contribution is 8.00. The third-order valence-corrected chi connectivity index (χ3v) is 6.14. The van der Waals surface area contributed by atoms with Crippen molar-refractivity contribution in [2.75, 3.05) is 12.1 Å². The van der Waals surface area contributed by atoms with E-state index in [-0.39, 0.29) is 12.7 Å². The maximum atomic E-state index is 12.7. The van der Waals surface area contributed by atoms with E-state index in [2.05, 4.69) is 20.7 Å². The smallest absolute Gasteiger partial charge is 0.238 e. The highest BCUT2D eigenvalue weighted by Gasteiger charge is 2.22. The largest absolute Gasteiger partial charge is 0.454 e. The lowest BCUT2D eigenvalue weighted by molar-refractivity contribution is -0.115. The molecule has 0 unspecified atom stereocenters. The van der Waals surface area contributed by atoms with Crippen LogP contribution >= 0.6 is 11.8 Å². The number of hydrogen-bond acceptors (Lipinski definition) is 8. The zero-order chi connectivity index (χ0) is 22.8. The number of thioether (sulfide) groups is 1. The van der Waals surface area contributed by atoms with E-state index in [1.165, 1.54) is 11.8 Å². The van der Waals surface area contributed by atoms with Crippen molar-refractivity contribution >= 4 is 23.5 Å². The Labute approximate surface area is 194 Å². The van der Waals surface area contributed by atoms with Gasteiger partial charge in [-0.15, -0.1) is 10.2 Å². The second-order valence-electron chi connectivity index (χ2n) is 7.52. The molecule has 0 aliphatic carbocycles. The number of nitrogens with one attached hydrogen (secondary N) is 1. The Morgan fingerprint density at radius 3 is 2.73 bits per heavy atom. The molecule has 1 amide bonds. The number of hydrogen-bond donors (Lipinski definition) is 1. The second kappa shape index (κ2) is 8.99. The average Bonchev–Trinajstić information content (AvgIpc) is 3.55. The number of amides is 1. The SMILES string of the molecule is Cc1cc(NC(=O)[C@H](C)Sc2nnc(-c3ccccc3)n2Cc2ccc3c(c2)OCO3)no1. The van der Waals surface area contributed by atoms with Gasteiger partial charge >= 0.3 is 0 Å². The minimum Gasteiger partial charge on any atom is -0.454 e. The van der Waals surface area contributed by atoms with Gasteiger partial charge in [-0.3, -0.25) is 9.36 Å². The van der Waals surface area contributed by atoms with E-state index in [1.807, 2.05) is 60.0 Å². The standard InChI is InChI=1S/C23H21N5O4S/c1-14-10-20(27-32-14)24-22(29)15(2)33-23-26-25-21(17-6-4-3-5-7-17)28(23)12-16-8-9-18-19(11-16)31-13-30-18/h3-11,15H,12-13H2,1-2H3,(H,24,27,29)/t15-/m0/s1. The molecule has 4 aromatic rings. The molecular weight excluding hydrogens is 442 g/mol. The number of anilines is 1. The average molecular weight is 464 g/mol. The zero-order valence-electron chi connectivity index (χ0n) is 18.0. The summed E-state index contributed by atoms with van der Waals surface area (Å²) in [4.78, 5) is 12.7. The Morgan fingerprint density at radius 1 is 1.12 bits per heavy atom. The lowest BCUT2D eigenvalue weighted by atomic mass is 10.2. The monoisotopic (exact) mass is 463 g/mol. The van der Waals surface area contributed by atoms with Crippen LogP contribution in [0.25, 0.3) is 11.4 Å². The van der Waals surface area contributed by atoms with E-state index < -0.39 is 5.25 Å². The van der Waals surface area contributed by atoms with Crippen molar-refractivity contribution in [3.05, 3.63) is 65.9 Å². The van der Waals surface area contributed by atoms with Crippen molar-refractivity contribution < 1.29 is 18.8 Å². The van der Waals surface area contributed by atoms with Gasteiger partial charge in [-0.2, -0.15) is 0 Å². The molecule has 0 bridgehead atoms. The van der Waals surface area contributed by atoms with Gasteiger partial charge in [0.15, 0.2) is 28.3 Å². The third kappa shape index (κ3) is 4.56. The molecule has 3 heterocycles. The lowest BCUT2D eigenvalue weighted by Gasteiger charge is -2.13. The normalized spacial score (nSPS) is 13.2. The summed E-state index contributed by atoms with van der Waals surface area (Å²) in [7, 11) is 0. The maximum absolute atomic E-state index is 12.7. The summed E-state index contributed by atoms with van der Waals surface area (Å²) in [5.41, 5.74) is 1.95. The summed E-state index contributed by atoms with van der Waals surface area (Å²) < 4.78 is 18.0. The first-order valence-electron chi connectivity index (χ1n) is 10.3. The van der Waals surface area contributed by atoms with Crippen LogP contribution in [0.5, 0.6) is 11.5 Å². The van der Waals surface area contributed by atoms with Gasteiger partial charge in [0.05, 0.1) is 11.8 Å². The Balaban J connectivity index is 1.42. The van der Waals surface area contributed by atoms with Gasteiger partial charge < -0.3 is 19.3 Å². The lowest BCUT2D eigenvalue weighted by Crippen LogP contribution is -2.23. The van der Waals surface area contributed by atoms with Gasteiger partial charge in [0.1, 0.15) is 5.76 Å². The fourth-order valence-electron chi connectivity index (χ4n) is 3.41. The summed E-state index contributed by atoms with van der Waals surface area (Å²) in [6.07, 6.45) is 0. The summed E-state index contributed by atoms with van der Waals surface area (Å²) in [6, 6.07) is 17.3. The van der Waals surface area contributed by atoms with Gasteiger partial charge in [-0.25, -0.2) is 0 Å². The molecule has 0 saturated carbocycles. The molecule has 0 radical (unpaired) electrons. The Hall–Kier alpha value is -3.79. The molecule has 10 heteroatoms. The summed E-state index contributed by atoms with van der Waals surface area (Å²) in [6.45, 7) is 4.31. The molecule has 0 spiro atoms. The van der Waals surface area contributed by atoms with E-state index in [0.717, 1.165) is 22.7 Å². The predicted molar refractivity (Wildman–Crippen MR) is 122 cm³/mol. The van der Waals surface area contributed by atoms with E-state index >= 15 is 0 Å². The molecule has 33 heavy (non-hydrogen) atoms. The predicted octanol–water partition coefficient (Wildman–Crippen LogP) is 4.14. The van der Waals surface area contributed by atoms with Crippen molar-refractivity contribution in [2.24, 2.45) is 0 Å². The molecule has 2 aromatic carbocycles. The van der Waals surface area contributed by atoms with Gasteiger partial charge in [0.2, 0.25) is 12.7 Å². The Bertz CT molecular complexity index is 1290. The number of carbonyl (C=O) groups excluding carboxylic acids is 1. The Kier molecular flexibility index (Phi) is 5.74. The minimum atomic E-state index is -0.440. The molecule has 5 rings (SSSR count). The summed E-state index contributed by atoms with van der Waals surface area (Å²) >= 11 is 1.33. The number of fused-ring (bicyclic) bond motifs is 1. The topological polar surface area (TPSA) is 104 Å². The Morgan fingerprint density at radius 2 is 1.94 bits per heavy atom. The van der Waals surface area contributed by atoms with Crippen LogP contribution in [-0.2, 0) is 11.3 Å². The maximum Gasteiger partial charge on any atom is 0.238 e. The highest BCUT2D eigenvalue weighted by Crippen LogP contribution is 2.34. The van der Waals surface area contributed by atoms with Crippen molar-refractivity contribution in [3.63, 3.8) is 0 Å². The summed E-state index contributed by atoms with van der Waals surface area (Å²) in [5, 5.41) is 15.6. The number of aromatic nitrogens is 4. The number of rotatable bonds is 7. The van der Waals surface area contributed by atoms with Crippen LogP contribution in [0.3, 0.4) is 0 Å². The number of nitrogens with zero attached hydrogens (tertiary/aromatic N) is 4. The molecule has 1 aliphatic heterocycles. The van der Waals surface area contributed by atoms with Crippen molar-refractivity contribution in [2.45, 2.75) is 30.8 Å². The number of carbonyl (C=O) groups is 1. The van der Waals surface area contributed by atoms with Gasteiger partial charge in [-0.1, -0.05) is 53.3 Å². The van der Waals surface area contributed by atoms with Crippen LogP contribution < -0.4 is 14.8 Å². The molecule has 1 atom stereocenters. The van der Waals surface area contributed by atoms with E-state index in [1.54, 1.807) is 13.0 Å². The first kappa shape index (κ1) is 21.1. The fourth-order valence-corrected chi connectivity index (χ4v) is 4.25. The van der Waals surface area contributed by atoms with E-state index in [4.69, 9.17) is 14.0 Å². The molecular formula is C23H21N5O4S. The van der Waals surface area contributed by atoms with Gasteiger partial charge in [0, 0.05) is 11.6 Å². The van der Waals surface area contributed by atoms with E-state index in [0.29, 0.717) is 29.0 Å². The summed E-state index contributed by atoms with van der Waals surface area (Å²) in [5.74, 6) is 2.97. The molecule has 1 aliphatic rings. The fraction of sp³-hybridized carbons (Fsp3) is 0.217. The third-order valence-electron chi connectivity index (χ3n) is 5.06. The zero-order valence-corrected chi connectivity index (χ0v) is 18.8. The van der Waals surface area contributed by atoms with Crippen molar-refractivity contribution in [3.8, 4) is 22.9 Å². The first-order chi connectivity index (χ1) is 16.1. The quantitative estimate of drug-likeness (QED) is 0.408. The van der Waals surface area contributed by atoms with Crippen LogP contribution in [-0.4, -0.2) is 37.9 Å². The highest BCUT2D eigenvalue weighted by atomic mass is 32.2. The van der Waals surface area contributed by atoms with Crippen LogP contribution in [0.2, 0.25) is 0 Å². The van der Waals surface area contributed by atoms with Gasteiger partial charge in [-0.05, 0) is 31.5 Å². The van der Waals surface area contributed by atoms with Crippen LogP contribution in [0.1, 0.15) is 18.2 Å². The number of ether oxygens (including phenoxy) is 2. The molecule has 0 saturated heterocycles. The molecule has 168 valence electrons. The van der Waals surface area contributed by atoms with Crippen LogP contribution in [0, 0.1) is 6.92 Å². The van der Waals surface area contributed by atoms with Crippen LogP contribution in [0.15, 0.2) is 64.3 Å². The second-order valence-corrected chi connectivity index (χ2v) is 8.83. The molecule has 0 fully saturated rings. The van der Waals surface area contributed by atoms with Crippen LogP contribution in [0.4, 0.5) is 5.82 Å². The van der Waals surface area contributed by atoms with E-state index in [9.17, 15) is 4.79 Å². The number of aryl methyl sites for hydroxylation is 1. The molecule has 1 N–H and O–H groups in total. The van der Waals surface area contributed by atoms with Gasteiger partial charge in [0.25, 0.3) is 0 Å². The molecule has 9 nitrogen and oxygen atoms in total. The first-order valence-corrected chi connectivity index (χ1v) is 11.2. The number of benzene rings is 2. The molecule has 2 aromatic heterocycles. The van der Waals surface area contributed by atoms with Crippen molar-refractivity contribution in [1.29, 1.82) is 0 Å².